The Balaban J connectivity index is 1.95. The van der Waals surface area contributed by atoms with Crippen molar-refractivity contribution in [2.24, 2.45) is 5.92 Å². The van der Waals surface area contributed by atoms with Crippen LogP contribution in [0, 0.1) is 5.92 Å². The third kappa shape index (κ3) is 4.25. The number of amides is 1. The number of carbonyl (C=O) groups excluding carboxylic acids is 1. The van der Waals surface area contributed by atoms with Gasteiger partial charge >= 0.3 is 5.97 Å². The first kappa shape index (κ1) is 15.9. The van der Waals surface area contributed by atoms with Crippen LogP contribution in [0.5, 0.6) is 0 Å². The minimum atomic E-state index is -0.856. The number of halogens is 1. The van der Waals surface area contributed by atoms with Crippen molar-refractivity contribution < 1.29 is 14.7 Å². The Morgan fingerprint density at radius 1 is 1.52 bits per heavy atom. The predicted octanol–water partition coefficient (Wildman–Crippen LogP) is 1.97. The normalized spacial score (nSPS) is 20.8. The van der Waals surface area contributed by atoms with E-state index >= 15 is 0 Å². The Morgan fingerprint density at radius 2 is 2.29 bits per heavy atom. The first-order chi connectivity index (χ1) is 9.97. The molecule has 0 unspecified atom stereocenters. The molecular weight excluding hydrogens is 338 g/mol. The first-order valence-electron chi connectivity index (χ1n) is 6.86. The van der Waals surface area contributed by atoms with Gasteiger partial charge in [-0.05, 0) is 54.4 Å². The molecule has 2 heterocycles. The van der Waals surface area contributed by atoms with Gasteiger partial charge in [-0.25, -0.2) is 4.98 Å². The summed E-state index contributed by atoms with van der Waals surface area (Å²) in [6.07, 6.45) is 3.21. The van der Waals surface area contributed by atoms with E-state index in [0.29, 0.717) is 18.9 Å². The quantitative estimate of drug-likeness (QED) is 0.862. The van der Waals surface area contributed by atoms with Gasteiger partial charge in [0.25, 0.3) is 0 Å². The number of carboxylic acid groups (broad SMARTS) is 1. The number of anilines is 1. The Labute approximate surface area is 131 Å². The number of hydrogen-bond donors (Lipinski definition) is 2. The molecule has 0 bridgehead atoms. The van der Waals surface area contributed by atoms with Crippen molar-refractivity contribution >= 4 is 33.6 Å². The molecule has 1 aliphatic rings. The van der Waals surface area contributed by atoms with Gasteiger partial charge in [-0.3, -0.25) is 14.5 Å². The van der Waals surface area contributed by atoms with Crippen molar-refractivity contribution in [3.63, 3.8) is 0 Å². The number of rotatable bonds is 4. The molecule has 1 amide bonds. The number of carboxylic acids is 1. The van der Waals surface area contributed by atoms with E-state index < -0.39 is 12.0 Å². The van der Waals surface area contributed by atoms with E-state index in [-0.39, 0.29) is 11.8 Å². The van der Waals surface area contributed by atoms with Crippen LogP contribution in [-0.2, 0) is 9.59 Å². The van der Waals surface area contributed by atoms with Crippen molar-refractivity contribution in [3.05, 3.63) is 22.8 Å². The molecule has 2 rings (SSSR count). The highest BCUT2D eigenvalue weighted by atomic mass is 79.9. The number of nitrogens with zero attached hydrogens (tertiary/aromatic N) is 2. The van der Waals surface area contributed by atoms with Crippen LogP contribution in [0.3, 0.4) is 0 Å². The largest absolute Gasteiger partial charge is 0.480 e. The fraction of sp³-hybridized carbons (Fsp3) is 0.500. The molecule has 0 radical (unpaired) electrons. The lowest BCUT2D eigenvalue weighted by Gasteiger charge is -2.34. The summed E-state index contributed by atoms with van der Waals surface area (Å²) in [5, 5.41) is 11.8. The van der Waals surface area contributed by atoms with Crippen molar-refractivity contribution in [3.8, 4) is 0 Å². The molecule has 114 valence electrons. The van der Waals surface area contributed by atoms with Gasteiger partial charge in [0, 0.05) is 17.2 Å². The second kappa shape index (κ2) is 7.00. The van der Waals surface area contributed by atoms with Crippen LogP contribution in [0.25, 0.3) is 0 Å². The van der Waals surface area contributed by atoms with Gasteiger partial charge in [0.05, 0.1) is 5.92 Å². The monoisotopic (exact) mass is 355 g/mol. The Bertz CT molecular complexity index is 521. The molecule has 0 spiro atoms. The molecule has 7 heteroatoms. The summed E-state index contributed by atoms with van der Waals surface area (Å²) in [5.41, 5.74) is 0. The summed E-state index contributed by atoms with van der Waals surface area (Å²) in [5.74, 6) is -0.657. The average molecular weight is 356 g/mol. The Hall–Kier alpha value is -1.47. The number of carbonyl (C=O) groups is 2. The summed E-state index contributed by atoms with van der Waals surface area (Å²) in [6, 6.07) is 2.97. The van der Waals surface area contributed by atoms with E-state index in [1.54, 1.807) is 19.2 Å². The van der Waals surface area contributed by atoms with Crippen LogP contribution in [0.1, 0.15) is 19.8 Å². The Kier molecular flexibility index (Phi) is 5.30. The molecule has 6 nitrogen and oxygen atoms in total. The maximum atomic E-state index is 12.3. The van der Waals surface area contributed by atoms with Gasteiger partial charge in [-0.2, -0.15) is 0 Å². The highest BCUT2D eigenvalue weighted by Crippen LogP contribution is 2.20. The van der Waals surface area contributed by atoms with Crippen molar-refractivity contribution in [2.45, 2.75) is 25.8 Å². The molecule has 1 aliphatic heterocycles. The highest BCUT2D eigenvalue weighted by molar-refractivity contribution is 9.10. The smallest absolute Gasteiger partial charge is 0.320 e. The molecule has 1 saturated heterocycles. The van der Waals surface area contributed by atoms with Crippen molar-refractivity contribution in [2.75, 3.05) is 18.4 Å². The SMILES string of the molecule is C[C@@H](C(=O)O)N1CCC[C@H](C(=O)Nc2ccc(Br)cn2)C1. The van der Waals surface area contributed by atoms with Crippen molar-refractivity contribution in [1.82, 2.24) is 9.88 Å². The first-order valence-corrected chi connectivity index (χ1v) is 7.66. The van der Waals surface area contributed by atoms with Crippen LogP contribution >= 0.6 is 15.9 Å². The second-order valence-corrected chi connectivity index (χ2v) is 6.11. The van der Waals surface area contributed by atoms with Crippen LogP contribution in [-0.4, -0.2) is 46.0 Å². The van der Waals surface area contributed by atoms with Gasteiger partial charge in [-0.1, -0.05) is 0 Å². The maximum absolute atomic E-state index is 12.3. The molecular formula is C14H18BrN3O3. The van der Waals surface area contributed by atoms with Crippen LogP contribution < -0.4 is 5.32 Å². The Morgan fingerprint density at radius 3 is 2.90 bits per heavy atom. The summed E-state index contributed by atoms with van der Waals surface area (Å²) in [6.45, 7) is 2.84. The lowest BCUT2D eigenvalue weighted by molar-refractivity contribution is -0.144. The predicted molar refractivity (Wildman–Crippen MR) is 82.0 cm³/mol. The van der Waals surface area contributed by atoms with Crippen LogP contribution in [0.4, 0.5) is 5.82 Å². The minimum Gasteiger partial charge on any atom is -0.480 e. The lowest BCUT2D eigenvalue weighted by Crippen LogP contribution is -2.47. The molecule has 2 atom stereocenters. The summed E-state index contributed by atoms with van der Waals surface area (Å²) >= 11 is 3.29. The molecule has 0 aliphatic carbocycles. The lowest BCUT2D eigenvalue weighted by atomic mass is 9.96. The second-order valence-electron chi connectivity index (χ2n) is 5.20. The number of pyridine rings is 1. The standard InChI is InChI=1S/C14H18BrN3O3/c1-9(14(20)21)18-6-2-3-10(8-18)13(19)17-12-5-4-11(15)7-16-12/h4-5,7,9-10H,2-3,6,8H2,1H3,(H,20,21)(H,16,17,19)/t9-,10-/m0/s1. The van der Waals surface area contributed by atoms with Gasteiger partial charge in [-0.15, -0.1) is 0 Å². The minimum absolute atomic E-state index is 0.105. The topological polar surface area (TPSA) is 82.5 Å². The molecule has 1 aromatic heterocycles. The van der Waals surface area contributed by atoms with E-state index in [0.717, 1.165) is 17.3 Å². The molecule has 2 N–H and O–H groups in total. The third-order valence-electron chi connectivity index (χ3n) is 3.71. The average Bonchev–Trinajstić information content (AvgIpc) is 2.48. The summed E-state index contributed by atoms with van der Waals surface area (Å²) in [7, 11) is 0. The number of nitrogens with one attached hydrogen (secondary N) is 1. The number of piperidine rings is 1. The van der Waals surface area contributed by atoms with E-state index in [1.165, 1.54) is 0 Å². The fourth-order valence-corrected chi connectivity index (χ4v) is 2.64. The van der Waals surface area contributed by atoms with Gasteiger partial charge in [0.1, 0.15) is 11.9 Å². The van der Waals surface area contributed by atoms with Gasteiger partial charge in [0.2, 0.25) is 5.91 Å². The maximum Gasteiger partial charge on any atom is 0.320 e. The number of aliphatic carboxylic acids is 1. The van der Waals surface area contributed by atoms with E-state index in [4.69, 9.17) is 5.11 Å². The van der Waals surface area contributed by atoms with E-state index in [1.807, 2.05) is 11.0 Å². The van der Waals surface area contributed by atoms with E-state index in [9.17, 15) is 9.59 Å². The number of aromatic nitrogens is 1. The van der Waals surface area contributed by atoms with Gasteiger partial charge < -0.3 is 10.4 Å². The highest BCUT2D eigenvalue weighted by Gasteiger charge is 2.30. The molecule has 1 aromatic rings. The summed E-state index contributed by atoms with van der Waals surface area (Å²) in [4.78, 5) is 29.2. The molecule has 0 saturated carbocycles. The van der Waals surface area contributed by atoms with Gasteiger partial charge in [0.15, 0.2) is 0 Å². The number of likely N-dealkylation sites (tertiary alicyclic amines) is 1. The third-order valence-corrected chi connectivity index (χ3v) is 4.18. The van der Waals surface area contributed by atoms with Crippen LogP contribution in [0.15, 0.2) is 22.8 Å². The van der Waals surface area contributed by atoms with Crippen molar-refractivity contribution in [1.29, 1.82) is 0 Å². The zero-order valence-corrected chi connectivity index (χ0v) is 13.3. The zero-order chi connectivity index (χ0) is 15.4. The summed E-state index contributed by atoms with van der Waals surface area (Å²) < 4.78 is 0.847. The van der Waals surface area contributed by atoms with E-state index in [2.05, 4.69) is 26.2 Å². The van der Waals surface area contributed by atoms with Crippen LogP contribution in [0.2, 0.25) is 0 Å². The molecule has 1 fully saturated rings. The molecule has 21 heavy (non-hydrogen) atoms. The zero-order valence-electron chi connectivity index (χ0n) is 11.8. The fourth-order valence-electron chi connectivity index (χ4n) is 2.41. The molecule has 0 aromatic carbocycles. The number of hydrogen-bond acceptors (Lipinski definition) is 4.